The molecule has 0 bridgehead atoms. The summed E-state index contributed by atoms with van der Waals surface area (Å²) < 4.78 is 30.4. The first-order valence-corrected chi connectivity index (χ1v) is 14.2. The van der Waals surface area contributed by atoms with E-state index in [-0.39, 0.29) is 23.4 Å². The van der Waals surface area contributed by atoms with Crippen molar-refractivity contribution in [2.45, 2.75) is 33.3 Å². The van der Waals surface area contributed by atoms with Gasteiger partial charge >= 0.3 is 0 Å². The Bertz CT molecular complexity index is 1400. The van der Waals surface area contributed by atoms with E-state index < -0.39 is 15.3 Å². The van der Waals surface area contributed by atoms with Crippen molar-refractivity contribution in [1.29, 1.82) is 0 Å². The van der Waals surface area contributed by atoms with E-state index in [0.717, 1.165) is 36.5 Å². The number of carbonyl (C=O) groups excluding carboxylic acids is 1. The first kappa shape index (κ1) is 24.7. The largest absolute Gasteiger partial charge is 0.489 e. The van der Waals surface area contributed by atoms with Crippen molar-refractivity contribution in [3.63, 3.8) is 0 Å². The second kappa shape index (κ2) is 9.15. The number of nitrogens with zero attached hydrogens (tertiary/aromatic N) is 4. The highest BCUT2D eigenvalue weighted by Crippen LogP contribution is 2.33. The van der Waals surface area contributed by atoms with Crippen LogP contribution in [0.3, 0.4) is 0 Å². The van der Waals surface area contributed by atoms with Gasteiger partial charge in [0, 0.05) is 55.1 Å². The number of nitrogens with one attached hydrogen (secondary N) is 1. The fourth-order valence-corrected chi connectivity index (χ4v) is 5.94. The van der Waals surface area contributed by atoms with Gasteiger partial charge in [0.25, 0.3) is 0 Å². The molecule has 2 aliphatic heterocycles. The number of hydrogen-bond acceptors (Lipinski definition) is 8. The molecule has 0 spiro atoms. The molecule has 1 atom stereocenters. The van der Waals surface area contributed by atoms with Gasteiger partial charge < -0.3 is 19.5 Å². The minimum Gasteiger partial charge on any atom is -0.489 e. The quantitative estimate of drug-likeness (QED) is 0.521. The molecule has 0 saturated carbocycles. The molecule has 36 heavy (non-hydrogen) atoms. The van der Waals surface area contributed by atoms with Crippen molar-refractivity contribution in [2.75, 3.05) is 49.6 Å². The van der Waals surface area contributed by atoms with Gasteiger partial charge in [-0.05, 0) is 25.6 Å². The summed E-state index contributed by atoms with van der Waals surface area (Å²) in [5.74, 6) is 0.985. The number of H-pyrrole nitrogens is 1. The van der Waals surface area contributed by atoms with Crippen molar-refractivity contribution >= 4 is 32.5 Å². The predicted molar refractivity (Wildman–Crippen MR) is 141 cm³/mol. The number of carbonyl (C=O) groups is 1. The van der Waals surface area contributed by atoms with Crippen LogP contribution in [-0.2, 0) is 9.84 Å². The van der Waals surface area contributed by atoms with E-state index >= 15 is 0 Å². The Morgan fingerprint density at radius 2 is 1.89 bits per heavy atom. The molecule has 0 aliphatic carbocycles. The normalized spacial score (nSPS) is 20.7. The van der Waals surface area contributed by atoms with Crippen LogP contribution in [0.1, 0.15) is 37.6 Å². The lowest BCUT2D eigenvalue weighted by molar-refractivity contribution is 0.0860. The summed E-state index contributed by atoms with van der Waals surface area (Å²) in [7, 11) is -0.919. The van der Waals surface area contributed by atoms with E-state index in [0.29, 0.717) is 35.5 Å². The second-order valence-corrected chi connectivity index (χ2v) is 13.2. The third-order valence-electron chi connectivity index (χ3n) is 6.85. The van der Waals surface area contributed by atoms with Crippen molar-refractivity contribution in [2.24, 2.45) is 5.41 Å². The van der Waals surface area contributed by atoms with Gasteiger partial charge in [-0.15, -0.1) is 0 Å². The van der Waals surface area contributed by atoms with E-state index in [1.165, 1.54) is 0 Å². The van der Waals surface area contributed by atoms with Gasteiger partial charge in [-0.2, -0.15) is 0 Å². The summed E-state index contributed by atoms with van der Waals surface area (Å²) >= 11 is 0. The Morgan fingerprint density at radius 1 is 1.14 bits per heavy atom. The maximum atomic E-state index is 13.0. The van der Waals surface area contributed by atoms with Crippen molar-refractivity contribution in [3.05, 3.63) is 36.2 Å². The molecule has 2 saturated heterocycles. The molecule has 0 radical (unpaired) electrons. The Kier molecular flexibility index (Phi) is 6.28. The minimum atomic E-state index is -3.00. The molecule has 2 aromatic heterocycles. The molecule has 1 N–H and O–H groups in total. The number of likely N-dealkylation sites (tertiary alicyclic amines) is 1. The van der Waals surface area contributed by atoms with Crippen molar-refractivity contribution in [1.82, 2.24) is 19.9 Å². The van der Waals surface area contributed by atoms with Crippen LogP contribution in [0.5, 0.6) is 5.75 Å². The number of hydrogen-bond donors (Lipinski definition) is 1. The summed E-state index contributed by atoms with van der Waals surface area (Å²) in [6.45, 7) is 8.37. The Hall–Kier alpha value is -2.98. The molecule has 2 aliphatic rings. The molecular formula is C26H33N5O4S. The molecule has 192 valence electrons. The fraction of sp³-hybridized carbons (Fsp3) is 0.500. The van der Waals surface area contributed by atoms with Crippen LogP contribution in [0.2, 0.25) is 0 Å². The van der Waals surface area contributed by atoms with Crippen LogP contribution < -0.4 is 9.64 Å². The molecule has 9 nitrogen and oxygen atoms in total. The van der Waals surface area contributed by atoms with Gasteiger partial charge in [0.05, 0.1) is 29.0 Å². The number of aromatic nitrogens is 3. The van der Waals surface area contributed by atoms with Crippen LogP contribution in [0.15, 0.2) is 30.6 Å². The van der Waals surface area contributed by atoms with Crippen LogP contribution in [0.25, 0.3) is 22.4 Å². The lowest BCUT2D eigenvalue weighted by Crippen LogP contribution is -2.40. The van der Waals surface area contributed by atoms with Crippen LogP contribution in [0, 0.1) is 5.41 Å². The average molecular weight is 512 g/mol. The molecule has 3 aromatic rings. The third-order valence-corrected chi connectivity index (χ3v) is 8.46. The number of benzene rings is 1. The third kappa shape index (κ3) is 5.10. The fourth-order valence-electron chi connectivity index (χ4n) is 4.74. The summed E-state index contributed by atoms with van der Waals surface area (Å²) in [4.78, 5) is 29.8. The molecule has 2 fully saturated rings. The summed E-state index contributed by atoms with van der Waals surface area (Å²) in [6, 6.07) is 5.94. The second-order valence-electron chi connectivity index (χ2n) is 10.9. The van der Waals surface area contributed by atoms with Crippen molar-refractivity contribution < 1.29 is 17.9 Å². The standard InChI is InChI=1S/C26H33N5O4S/c1-26(2,3)24(32)21-14-27-25-23(21)29-22(15-28-25)17-11-18(31-7-9-36(33,34)10-8-31)13-20(12-17)35-19-5-6-30(4)16-19/h11-15,19H,5-10,16H2,1-4H3,(H,27,28). The van der Waals surface area contributed by atoms with Gasteiger partial charge in [0.15, 0.2) is 21.3 Å². The highest BCUT2D eigenvalue weighted by Gasteiger charge is 2.27. The van der Waals surface area contributed by atoms with E-state index in [9.17, 15) is 13.2 Å². The number of fused-ring (bicyclic) bond motifs is 1. The highest BCUT2D eigenvalue weighted by molar-refractivity contribution is 7.91. The number of ketones is 1. The number of anilines is 1. The molecule has 0 amide bonds. The maximum Gasteiger partial charge on any atom is 0.171 e. The molecule has 1 aromatic carbocycles. The Morgan fingerprint density at radius 3 is 2.56 bits per heavy atom. The summed E-state index contributed by atoms with van der Waals surface area (Å²) in [5.41, 5.74) is 3.42. The zero-order chi connectivity index (χ0) is 25.7. The van der Waals surface area contributed by atoms with Gasteiger partial charge in [0.1, 0.15) is 17.4 Å². The number of rotatable bonds is 5. The van der Waals surface area contributed by atoms with Crippen LogP contribution in [-0.4, -0.2) is 84.9 Å². The van der Waals surface area contributed by atoms with Gasteiger partial charge in [-0.3, -0.25) is 4.79 Å². The van der Waals surface area contributed by atoms with Crippen molar-refractivity contribution in [3.8, 4) is 17.0 Å². The SMILES string of the molecule is CN1CCC(Oc2cc(-c3cnc4[nH]cc(C(=O)C(C)(C)C)c4n3)cc(N3CCS(=O)(=O)CC3)c2)C1. The Balaban J connectivity index is 1.54. The predicted octanol–water partition coefficient (Wildman–Crippen LogP) is 3.17. The molecule has 1 unspecified atom stereocenters. The van der Waals surface area contributed by atoms with E-state index in [4.69, 9.17) is 9.72 Å². The lowest BCUT2D eigenvalue weighted by atomic mass is 9.87. The lowest BCUT2D eigenvalue weighted by Gasteiger charge is -2.29. The smallest absolute Gasteiger partial charge is 0.171 e. The number of likely N-dealkylation sites (N-methyl/N-ethyl adjacent to an activating group) is 1. The van der Waals surface area contributed by atoms with E-state index in [2.05, 4.69) is 26.8 Å². The Labute approximate surface area is 211 Å². The molecule has 5 rings (SSSR count). The topological polar surface area (TPSA) is 108 Å². The molecule has 4 heterocycles. The summed E-state index contributed by atoms with van der Waals surface area (Å²) in [5, 5.41) is 0. The van der Waals surface area contributed by atoms with Crippen LogP contribution in [0.4, 0.5) is 5.69 Å². The zero-order valence-electron chi connectivity index (χ0n) is 21.2. The highest BCUT2D eigenvalue weighted by atomic mass is 32.2. The first-order valence-electron chi connectivity index (χ1n) is 12.3. The minimum absolute atomic E-state index is 0.00199. The number of Topliss-reactive ketones (excluding diaryl/α,β-unsaturated/α-hetero) is 1. The van der Waals surface area contributed by atoms with E-state index in [1.807, 2.05) is 39.0 Å². The van der Waals surface area contributed by atoms with Gasteiger partial charge in [-0.1, -0.05) is 20.8 Å². The first-order chi connectivity index (χ1) is 17.0. The van der Waals surface area contributed by atoms with Gasteiger partial charge in [0.2, 0.25) is 0 Å². The van der Waals surface area contributed by atoms with E-state index in [1.54, 1.807) is 12.4 Å². The van der Waals surface area contributed by atoms with Gasteiger partial charge in [-0.25, -0.2) is 18.4 Å². The molecule has 10 heteroatoms. The maximum absolute atomic E-state index is 13.0. The number of sulfone groups is 1. The van der Waals surface area contributed by atoms with Crippen LogP contribution >= 0.6 is 0 Å². The molecular weight excluding hydrogens is 478 g/mol. The average Bonchev–Trinajstić information content (AvgIpc) is 3.43. The number of aromatic amines is 1. The number of ether oxygens (including phenoxy) is 1. The zero-order valence-corrected chi connectivity index (χ0v) is 22.1. The summed E-state index contributed by atoms with van der Waals surface area (Å²) in [6.07, 6.45) is 4.41. The monoisotopic (exact) mass is 511 g/mol.